The highest BCUT2D eigenvalue weighted by Gasteiger charge is 2.23. The Hall–Kier alpha value is -3.16. The molecule has 7 nitrogen and oxygen atoms in total. The number of fused-ring (bicyclic) bond motifs is 2. The van der Waals surface area contributed by atoms with Crippen LogP contribution in [0.2, 0.25) is 10.0 Å². The number of halogens is 2. The van der Waals surface area contributed by atoms with Gasteiger partial charge in [-0.05, 0) is 36.2 Å². The first-order valence-corrected chi connectivity index (χ1v) is 12.1. The van der Waals surface area contributed by atoms with Gasteiger partial charge in [-0.15, -0.1) is 0 Å². The second-order valence-electron chi connectivity index (χ2n) is 8.04. The van der Waals surface area contributed by atoms with Crippen LogP contribution in [0.15, 0.2) is 47.6 Å². The van der Waals surface area contributed by atoms with Gasteiger partial charge in [-0.3, -0.25) is 4.79 Å². The third-order valence-corrected chi connectivity index (χ3v) is 6.27. The zero-order valence-electron chi connectivity index (χ0n) is 18.9. The van der Waals surface area contributed by atoms with E-state index in [2.05, 4.69) is 17.3 Å². The number of nitrogens with zero attached hydrogens (tertiary/aromatic N) is 4. The maximum Gasteiger partial charge on any atom is 0.257 e. The monoisotopic (exact) mass is 496 g/mol. The van der Waals surface area contributed by atoms with Gasteiger partial charge in [-0.1, -0.05) is 74.0 Å². The molecule has 9 heteroatoms. The Bertz CT molecular complexity index is 1360. The van der Waals surface area contributed by atoms with Gasteiger partial charge in [-0.25, -0.2) is 9.97 Å². The molecule has 4 rings (SSSR count). The van der Waals surface area contributed by atoms with Gasteiger partial charge in [-0.2, -0.15) is 9.78 Å². The summed E-state index contributed by atoms with van der Waals surface area (Å²) in [5, 5.41) is 8.34. The van der Waals surface area contributed by atoms with Crippen LogP contribution in [0.4, 0.5) is 5.82 Å². The molecule has 4 aromatic rings. The SMILES string of the molecule is CCCCCCCNC(=O)c1c(N)n(N=Cc2ccc(Cl)c(Cl)c2)c2nc3ccccc3nc12. The van der Waals surface area contributed by atoms with Gasteiger partial charge in [0.05, 0.1) is 27.3 Å². The minimum absolute atomic E-state index is 0.171. The number of unbranched alkanes of at least 4 members (excludes halogenated alkanes) is 4. The van der Waals surface area contributed by atoms with E-state index in [1.54, 1.807) is 24.4 Å². The molecule has 0 bridgehead atoms. The summed E-state index contributed by atoms with van der Waals surface area (Å²) >= 11 is 12.1. The number of nitrogen functional groups attached to an aromatic ring is 1. The quantitative estimate of drug-likeness (QED) is 0.217. The Morgan fingerprint density at radius 1 is 1.06 bits per heavy atom. The molecular formula is C25H26Cl2N6O. The smallest absolute Gasteiger partial charge is 0.257 e. The van der Waals surface area contributed by atoms with Crippen molar-refractivity contribution in [3.05, 3.63) is 63.6 Å². The van der Waals surface area contributed by atoms with E-state index in [-0.39, 0.29) is 17.3 Å². The molecule has 176 valence electrons. The number of carbonyl (C=O) groups excluding carboxylic acids is 1. The molecule has 1 amide bonds. The van der Waals surface area contributed by atoms with Crippen molar-refractivity contribution in [2.24, 2.45) is 5.10 Å². The Labute approximate surface area is 208 Å². The number of hydrogen-bond acceptors (Lipinski definition) is 5. The minimum Gasteiger partial charge on any atom is -0.383 e. The third kappa shape index (κ3) is 5.16. The van der Waals surface area contributed by atoms with E-state index in [1.165, 1.54) is 17.5 Å². The second kappa shape index (κ2) is 10.8. The van der Waals surface area contributed by atoms with Crippen molar-refractivity contribution in [1.82, 2.24) is 20.0 Å². The summed E-state index contributed by atoms with van der Waals surface area (Å²) in [6, 6.07) is 12.6. The van der Waals surface area contributed by atoms with E-state index in [0.29, 0.717) is 38.8 Å². The molecule has 0 aliphatic rings. The number of nitrogens with two attached hydrogens (primary N) is 1. The molecule has 0 atom stereocenters. The number of para-hydroxylation sites is 2. The van der Waals surface area contributed by atoms with Crippen LogP contribution in [0.1, 0.15) is 54.9 Å². The lowest BCUT2D eigenvalue weighted by atomic mass is 10.1. The van der Waals surface area contributed by atoms with E-state index in [0.717, 1.165) is 24.8 Å². The maximum absolute atomic E-state index is 13.1. The van der Waals surface area contributed by atoms with Crippen molar-refractivity contribution in [1.29, 1.82) is 0 Å². The van der Waals surface area contributed by atoms with Crippen molar-refractivity contribution in [2.45, 2.75) is 39.0 Å². The van der Waals surface area contributed by atoms with Crippen LogP contribution in [0.5, 0.6) is 0 Å². The molecule has 0 saturated carbocycles. The van der Waals surface area contributed by atoms with Gasteiger partial charge in [0.15, 0.2) is 5.65 Å². The first-order chi connectivity index (χ1) is 16.5. The summed E-state index contributed by atoms with van der Waals surface area (Å²) in [7, 11) is 0. The molecule has 2 heterocycles. The Morgan fingerprint density at radius 2 is 1.79 bits per heavy atom. The predicted octanol–water partition coefficient (Wildman–Crippen LogP) is 6.06. The molecule has 0 radical (unpaired) electrons. The van der Waals surface area contributed by atoms with E-state index in [1.807, 2.05) is 24.3 Å². The van der Waals surface area contributed by atoms with Crippen LogP contribution in [0, 0.1) is 0 Å². The van der Waals surface area contributed by atoms with Crippen molar-refractivity contribution in [3.63, 3.8) is 0 Å². The lowest BCUT2D eigenvalue weighted by molar-refractivity contribution is 0.0955. The molecule has 0 spiro atoms. The maximum atomic E-state index is 13.1. The normalized spacial score (nSPS) is 11.6. The number of aromatic nitrogens is 3. The van der Waals surface area contributed by atoms with Crippen molar-refractivity contribution >= 4 is 63.3 Å². The molecular weight excluding hydrogens is 471 g/mol. The molecule has 0 aliphatic carbocycles. The highest BCUT2D eigenvalue weighted by atomic mass is 35.5. The lowest BCUT2D eigenvalue weighted by Crippen LogP contribution is -2.25. The fourth-order valence-corrected chi connectivity index (χ4v) is 4.03. The highest BCUT2D eigenvalue weighted by molar-refractivity contribution is 6.42. The first kappa shape index (κ1) is 24.0. The van der Waals surface area contributed by atoms with Gasteiger partial charge in [0, 0.05) is 6.54 Å². The van der Waals surface area contributed by atoms with Crippen LogP contribution in [0.25, 0.3) is 22.2 Å². The molecule has 34 heavy (non-hydrogen) atoms. The van der Waals surface area contributed by atoms with Gasteiger partial charge in [0.25, 0.3) is 5.91 Å². The standard InChI is InChI=1S/C25H26Cl2N6O/c1-2-3-4-5-8-13-29-25(34)21-22-24(32-20-10-7-6-9-19(20)31-22)33(23(21)28)30-15-16-11-12-17(26)18(27)14-16/h6-7,9-12,14-15H,2-5,8,13,28H2,1H3,(H,29,34). The van der Waals surface area contributed by atoms with E-state index < -0.39 is 0 Å². The van der Waals surface area contributed by atoms with E-state index >= 15 is 0 Å². The summed E-state index contributed by atoms with van der Waals surface area (Å²) in [6.45, 7) is 2.75. The fraction of sp³-hybridized carbons (Fsp3) is 0.280. The third-order valence-electron chi connectivity index (χ3n) is 5.53. The summed E-state index contributed by atoms with van der Waals surface area (Å²) in [4.78, 5) is 22.5. The van der Waals surface area contributed by atoms with Crippen LogP contribution >= 0.6 is 23.2 Å². The summed E-state index contributed by atoms with van der Waals surface area (Å²) in [5.41, 5.74) is 9.59. The molecule has 2 aromatic carbocycles. The Morgan fingerprint density at radius 3 is 2.53 bits per heavy atom. The van der Waals surface area contributed by atoms with E-state index in [4.69, 9.17) is 38.9 Å². The lowest BCUT2D eigenvalue weighted by Gasteiger charge is -2.05. The predicted molar refractivity (Wildman–Crippen MR) is 140 cm³/mol. The van der Waals surface area contributed by atoms with Gasteiger partial charge in [0.1, 0.15) is 16.9 Å². The number of nitrogens with one attached hydrogen (secondary N) is 1. The number of benzene rings is 2. The molecule has 0 unspecified atom stereocenters. The topological polar surface area (TPSA) is 98.2 Å². The number of rotatable bonds is 9. The number of hydrogen-bond donors (Lipinski definition) is 2. The Balaban J connectivity index is 1.70. The second-order valence-corrected chi connectivity index (χ2v) is 8.86. The van der Waals surface area contributed by atoms with Crippen LogP contribution < -0.4 is 11.1 Å². The Kier molecular flexibility index (Phi) is 7.65. The van der Waals surface area contributed by atoms with Gasteiger partial charge in [0.2, 0.25) is 0 Å². The van der Waals surface area contributed by atoms with Crippen LogP contribution in [-0.4, -0.2) is 33.3 Å². The first-order valence-electron chi connectivity index (χ1n) is 11.3. The highest BCUT2D eigenvalue weighted by Crippen LogP contribution is 2.28. The van der Waals surface area contributed by atoms with Gasteiger partial charge < -0.3 is 11.1 Å². The summed E-state index contributed by atoms with van der Waals surface area (Å²) in [6.07, 6.45) is 7.11. The molecule has 2 aromatic heterocycles. The number of anilines is 1. The average molecular weight is 497 g/mol. The van der Waals surface area contributed by atoms with Crippen molar-refractivity contribution in [3.8, 4) is 0 Å². The largest absolute Gasteiger partial charge is 0.383 e. The summed E-state index contributed by atoms with van der Waals surface area (Å²) in [5.74, 6) is -0.115. The summed E-state index contributed by atoms with van der Waals surface area (Å²) < 4.78 is 1.44. The van der Waals surface area contributed by atoms with E-state index in [9.17, 15) is 4.79 Å². The average Bonchev–Trinajstić information content (AvgIpc) is 3.10. The van der Waals surface area contributed by atoms with Gasteiger partial charge >= 0.3 is 0 Å². The van der Waals surface area contributed by atoms with Crippen LogP contribution in [-0.2, 0) is 0 Å². The number of carbonyl (C=O) groups is 1. The molecule has 0 saturated heterocycles. The molecule has 0 fully saturated rings. The molecule has 0 aliphatic heterocycles. The van der Waals surface area contributed by atoms with Crippen molar-refractivity contribution < 1.29 is 4.79 Å². The fourth-order valence-electron chi connectivity index (χ4n) is 3.72. The van der Waals surface area contributed by atoms with Crippen molar-refractivity contribution in [2.75, 3.05) is 12.3 Å². The molecule has 3 N–H and O–H groups in total. The minimum atomic E-state index is -0.286. The number of amides is 1. The zero-order valence-corrected chi connectivity index (χ0v) is 20.4. The van der Waals surface area contributed by atoms with Crippen LogP contribution in [0.3, 0.4) is 0 Å². The zero-order chi connectivity index (χ0) is 24.1.